The van der Waals surface area contributed by atoms with Gasteiger partial charge >= 0.3 is 0 Å². The van der Waals surface area contributed by atoms with E-state index in [1.807, 2.05) is 0 Å². The van der Waals surface area contributed by atoms with Gasteiger partial charge in [-0.25, -0.2) is 0 Å². The molecule has 2 aromatic rings. The van der Waals surface area contributed by atoms with Gasteiger partial charge in [-0.3, -0.25) is 30.3 Å². The zero-order valence-corrected chi connectivity index (χ0v) is 11.7. The van der Waals surface area contributed by atoms with E-state index in [-0.39, 0.29) is 27.9 Å². The fourth-order valence-corrected chi connectivity index (χ4v) is 2.88. The van der Waals surface area contributed by atoms with Gasteiger partial charge in [0.25, 0.3) is 17.1 Å². The first-order valence-electron chi connectivity index (χ1n) is 6.56. The Morgan fingerprint density at radius 1 is 0.833 bits per heavy atom. The lowest BCUT2D eigenvalue weighted by molar-refractivity contribution is -0.393. The number of fused-ring (bicyclic) bond motifs is 3. The normalized spacial score (nSPS) is 14.6. The number of benzene rings is 2. The minimum atomic E-state index is -1.03. The molecule has 0 aromatic heterocycles. The molecule has 0 saturated carbocycles. The number of hydrogen-bond donors (Lipinski definition) is 0. The molecule has 24 heavy (non-hydrogen) atoms. The second-order valence-electron chi connectivity index (χ2n) is 5.09. The number of carbonyl (C=O) groups excluding carboxylic acids is 1. The van der Waals surface area contributed by atoms with Crippen LogP contribution >= 0.6 is 0 Å². The van der Waals surface area contributed by atoms with Crippen LogP contribution in [0.2, 0.25) is 0 Å². The molecule has 0 amide bonds. The van der Waals surface area contributed by atoms with E-state index in [9.17, 15) is 35.1 Å². The average molecular weight is 329 g/mol. The summed E-state index contributed by atoms with van der Waals surface area (Å²) in [5.41, 5.74) is -0.625. The first kappa shape index (κ1) is 15.2. The van der Waals surface area contributed by atoms with E-state index in [0.29, 0.717) is 6.29 Å². The number of non-ortho nitro benzene ring substituents is 2. The summed E-state index contributed by atoms with van der Waals surface area (Å²) in [5, 5.41) is 33.2. The number of rotatable bonds is 4. The first-order chi connectivity index (χ1) is 11.3. The molecule has 1 atom stereocenters. The van der Waals surface area contributed by atoms with Crippen LogP contribution in [0.15, 0.2) is 30.3 Å². The molecule has 0 spiro atoms. The van der Waals surface area contributed by atoms with Crippen molar-refractivity contribution in [2.24, 2.45) is 0 Å². The lowest BCUT2D eigenvalue weighted by atomic mass is 9.98. The molecule has 0 aliphatic heterocycles. The van der Waals surface area contributed by atoms with Crippen LogP contribution in [0.25, 0.3) is 11.1 Å². The Morgan fingerprint density at radius 2 is 1.46 bits per heavy atom. The van der Waals surface area contributed by atoms with E-state index in [2.05, 4.69) is 0 Å². The highest BCUT2D eigenvalue weighted by Gasteiger charge is 2.37. The summed E-state index contributed by atoms with van der Waals surface area (Å²) in [6, 6.07) is 5.55. The second kappa shape index (κ2) is 5.19. The van der Waals surface area contributed by atoms with Gasteiger partial charge < -0.3 is 4.79 Å². The van der Waals surface area contributed by atoms with Crippen molar-refractivity contribution in [2.75, 3.05) is 0 Å². The van der Waals surface area contributed by atoms with Crippen molar-refractivity contribution in [1.82, 2.24) is 0 Å². The summed E-state index contributed by atoms with van der Waals surface area (Å²) < 4.78 is 0. The first-order valence-corrected chi connectivity index (χ1v) is 6.56. The molecule has 3 rings (SSSR count). The Balaban J connectivity index is 2.37. The minimum Gasteiger partial charge on any atom is -0.302 e. The summed E-state index contributed by atoms with van der Waals surface area (Å²) in [7, 11) is 0. The fraction of sp³-hybridized carbons (Fsp3) is 0.0714. The molecule has 0 heterocycles. The highest BCUT2D eigenvalue weighted by Crippen LogP contribution is 2.50. The maximum Gasteiger partial charge on any atom is 0.284 e. The molecule has 0 radical (unpaired) electrons. The van der Waals surface area contributed by atoms with Crippen molar-refractivity contribution < 1.29 is 19.6 Å². The predicted octanol–water partition coefficient (Wildman–Crippen LogP) is 2.72. The molecule has 1 unspecified atom stereocenters. The van der Waals surface area contributed by atoms with Crippen molar-refractivity contribution in [3.05, 3.63) is 71.8 Å². The van der Waals surface area contributed by atoms with Crippen molar-refractivity contribution >= 4 is 23.3 Å². The summed E-state index contributed by atoms with van der Waals surface area (Å²) in [6.07, 6.45) is 0.460. The third-order valence-corrected chi connectivity index (χ3v) is 3.86. The molecule has 1 aliphatic rings. The molecule has 120 valence electrons. The van der Waals surface area contributed by atoms with Crippen LogP contribution in [0.5, 0.6) is 0 Å². The van der Waals surface area contributed by atoms with Crippen molar-refractivity contribution in [3.63, 3.8) is 0 Å². The SMILES string of the molecule is O=CC1c2cc([N+](=O)[O-])ccc2-c2c1cc([N+](=O)[O-])cc2[N+](=O)[O-]. The van der Waals surface area contributed by atoms with Crippen LogP contribution in [0.4, 0.5) is 17.1 Å². The van der Waals surface area contributed by atoms with Crippen molar-refractivity contribution in [3.8, 4) is 11.1 Å². The molecule has 2 aromatic carbocycles. The number of aldehydes is 1. The van der Waals surface area contributed by atoms with E-state index in [1.165, 1.54) is 12.1 Å². The van der Waals surface area contributed by atoms with E-state index in [4.69, 9.17) is 0 Å². The number of nitro benzene ring substituents is 3. The van der Waals surface area contributed by atoms with Crippen molar-refractivity contribution in [1.29, 1.82) is 0 Å². The second-order valence-corrected chi connectivity index (χ2v) is 5.09. The van der Waals surface area contributed by atoms with Gasteiger partial charge in [-0.05, 0) is 22.8 Å². The third kappa shape index (κ3) is 2.08. The maximum atomic E-state index is 11.5. The summed E-state index contributed by atoms with van der Waals surface area (Å²) >= 11 is 0. The molecule has 0 saturated heterocycles. The highest BCUT2D eigenvalue weighted by atomic mass is 16.6. The largest absolute Gasteiger partial charge is 0.302 e. The van der Waals surface area contributed by atoms with Gasteiger partial charge in [0.05, 0.1) is 32.3 Å². The zero-order chi connectivity index (χ0) is 17.6. The molecule has 0 bridgehead atoms. The Hall–Kier alpha value is -3.69. The van der Waals surface area contributed by atoms with Gasteiger partial charge in [0, 0.05) is 18.2 Å². The van der Waals surface area contributed by atoms with E-state index in [0.717, 1.165) is 18.2 Å². The monoisotopic (exact) mass is 329 g/mol. The number of carbonyl (C=O) groups is 1. The Morgan fingerprint density at radius 3 is 2.00 bits per heavy atom. The Bertz CT molecular complexity index is 938. The number of nitro groups is 3. The van der Waals surface area contributed by atoms with Crippen LogP contribution in [0.1, 0.15) is 17.0 Å². The van der Waals surface area contributed by atoms with Gasteiger partial charge in [0.2, 0.25) is 0 Å². The van der Waals surface area contributed by atoms with Gasteiger partial charge in [-0.2, -0.15) is 0 Å². The highest BCUT2D eigenvalue weighted by molar-refractivity contribution is 5.93. The van der Waals surface area contributed by atoms with Crippen LogP contribution in [0.3, 0.4) is 0 Å². The average Bonchev–Trinajstić information content (AvgIpc) is 2.86. The van der Waals surface area contributed by atoms with Crippen LogP contribution in [0, 0.1) is 30.3 Å². The molecule has 0 N–H and O–H groups in total. The zero-order valence-electron chi connectivity index (χ0n) is 11.7. The predicted molar refractivity (Wildman–Crippen MR) is 79.7 cm³/mol. The van der Waals surface area contributed by atoms with Gasteiger partial charge in [-0.1, -0.05) is 0 Å². The van der Waals surface area contributed by atoms with Crippen molar-refractivity contribution in [2.45, 2.75) is 5.92 Å². The van der Waals surface area contributed by atoms with Crippen LogP contribution in [-0.2, 0) is 4.79 Å². The molecule has 1 aliphatic carbocycles. The standard InChI is InChI=1S/C14H7N3O7/c18-6-12-10-3-7(15(19)20)1-2-9(10)14-11(12)4-8(16(21)22)5-13(14)17(23)24/h1-6,12H. The topological polar surface area (TPSA) is 146 Å². The summed E-state index contributed by atoms with van der Waals surface area (Å²) in [6.45, 7) is 0. The van der Waals surface area contributed by atoms with E-state index < -0.39 is 32.1 Å². The number of hydrogen-bond acceptors (Lipinski definition) is 7. The maximum absolute atomic E-state index is 11.5. The molecule has 0 fully saturated rings. The quantitative estimate of drug-likeness (QED) is 0.476. The molecule has 10 nitrogen and oxygen atoms in total. The minimum absolute atomic E-state index is 0.0765. The van der Waals surface area contributed by atoms with E-state index in [1.54, 1.807) is 0 Å². The smallest absolute Gasteiger partial charge is 0.284 e. The lowest BCUT2D eigenvalue weighted by Crippen LogP contribution is -2.01. The molecular formula is C14H7N3O7. The Labute approximate surface area is 132 Å². The number of nitrogens with zero attached hydrogens (tertiary/aromatic N) is 3. The van der Waals surface area contributed by atoms with Crippen LogP contribution < -0.4 is 0 Å². The van der Waals surface area contributed by atoms with Gasteiger partial charge in [0.1, 0.15) is 6.29 Å². The summed E-state index contributed by atoms with van der Waals surface area (Å²) in [4.78, 5) is 42.5. The van der Waals surface area contributed by atoms with Gasteiger partial charge in [0.15, 0.2) is 0 Å². The fourth-order valence-electron chi connectivity index (χ4n) is 2.88. The Kier molecular flexibility index (Phi) is 3.29. The molecular weight excluding hydrogens is 322 g/mol. The van der Waals surface area contributed by atoms with E-state index >= 15 is 0 Å². The lowest BCUT2D eigenvalue weighted by Gasteiger charge is -2.04. The molecule has 10 heteroatoms. The third-order valence-electron chi connectivity index (χ3n) is 3.86. The van der Waals surface area contributed by atoms with Crippen LogP contribution in [-0.4, -0.2) is 21.1 Å². The summed E-state index contributed by atoms with van der Waals surface area (Å²) in [5.74, 6) is -1.03. The van der Waals surface area contributed by atoms with Gasteiger partial charge in [-0.15, -0.1) is 0 Å².